The third-order valence-corrected chi connectivity index (χ3v) is 5.17. The van der Waals surface area contributed by atoms with Crippen molar-refractivity contribution in [1.29, 1.82) is 0 Å². The normalized spacial score (nSPS) is 15.4. The summed E-state index contributed by atoms with van der Waals surface area (Å²) in [7, 11) is 0. The molecule has 3 aromatic rings. The van der Waals surface area contributed by atoms with Crippen LogP contribution in [0.5, 0.6) is 0 Å². The first kappa shape index (κ1) is 18.2. The van der Waals surface area contributed by atoms with Gasteiger partial charge in [0.05, 0.1) is 28.7 Å². The lowest BCUT2D eigenvalue weighted by Crippen LogP contribution is -2.33. The summed E-state index contributed by atoms with van der Waals surface area (Å²) in [6, 6.07) is 14.6. The average Bonchev–Trinajstić information content (AvgIpc) is 2.70. The summed E-state index contributed by atoms with van der Waals surface area (Å²) >= 11 is 6.23. The molecular formula is C22H18ClN3O2. The average molecular weight is 392 g/mol. The molecule has 0 saturated carbocycles. The Balaban J connectivity index is 1.62. The van der Waals surface area contributed by atoms with Crippen LogP contribution in [0.3, 0.4) is 0 Å². The number of carbonyl (C=O) groups is 2. The lowest BCUT2D eigenvalue weighted by Gasteiger charge is -2.32. The van der Waals surface area contributed by atoms with Crippen LogP contribution in [0.15, 0.2) is 60.9 Å². The van der Waals surface area contributed by atoms with Crippen LogP contribution in [0.25, 0.3) is 17.0 Å². The number of benzene rings is 2. The Morgan fingerprint density at radius 1 is 1.14 bits per heavy atom. The molecule has 0 spiro atoms. The highest BCUT2D eigenvalue weighted by Gasteiger charge is 2.28. The van der Waals surface area contributed by atoms with Gasteiger partial charge in [-0.15, -0.1) is 0 Å². The second kappa shape index (κ2) is 7.44. The number of halogens is 1. The van der Waals surface area contributed by atoms with Gasteiger partial charge in [0.2, 0.25) is 11.8 Å². The van der Waals surface area contributed by atoms with Crippen molar-refractivity contribution in [1.82, 2.24) is 9.88 Å². The van der Waals surface area contributed by atoms with Crippen molar-refractivity contribution >= 4 is 46.1 Å². The SMILES string of the molecule is CC(=O)N1C=Cc2ccccc2[C@H]1CC(=O)Nc1ccc(Cl)c2cccnc12. The number of hydrogen-bond donors (Lipinski definition) is 1. The number of rotatable bonds is 3. The van der Waals surface area contributed by atoms with Crippen molar-refractivity contribution < 1.29 is 9.59 Å². The molecule has 6 heteroatoms. The Morgan fingerprint density at radius 2 is 1.96 bits per heavy atom. The first-order valence-corrected chi connectivity index (χ1v) is 9.31. The van der Waals surface area contributed by atoms with E-state index in [9.17, 15) is 9.59 Å². The minimum absolute atomic E-state index is 0.109. The fraction of sp³-hybridized carbons (Fsp3) is 0.136. The van der Waals surface area contributed by atoms with E-state index in [2.05, 4.69) is 10.3 Å². The van der Waals surface area contributed by atoms with E-state index < -0.39 is 0 Å². The maximum Gasteiger partial charge on any atom is 0.226 e. The number of anilines is 1. The molecule has 0 aliphatic carbocycles. The molecule has 4 rings (SSSR count). The third-order valence-electron chi connectivity index (χ3n) is 4.84. The second-order valence-corrected chi connectivity index (χ2v) is 7.04. The van der Waals surface area contributed by atoms with E-state index in [-0.39, 0.29) is 24.3 Å². The predicted molar refractivity (Wildman–Crippen MR) is 111 cm³/mol. The molecule has 0 saturated heterocycles. The van der Waals surface area contributed by atoms with Gasteiger partial charge in [-0.2, -0.15) is 0 Å². The van der Waals surface area contributed by atoms with E-state index in [1.165, 1.54) is 6.92 Å². The minimum Gasteiger partial charge on any atom is -0.324 e. The highest BCUT2D eigenvalue weighted by molar-refractivity contribution is 6.35. The molecule has 1 N–H and O–H groups in total. The quantitative estimate of drug-likeness (QED) is 0.698. The second-order valence-electron chi connectivity index (χ2n) is 6.63. The highest BCUT2D eigenvalue weighted by Crippen LogP contribution is 2.34. The molecule has 1 aliphatic rings. The zero-order valence-corrected chi connectivity index (χ0v) is 16.0. The number of hydrogen-bond acceptors (Lipinski definition) is 3. The largest absolute Gasteiger partial charge is 0.324 e. The Bertz CT molecular complexity index is 1110. The van der Waals surface area contributed by atoms with Gasteiger partial charge in [0.25, 0.3) is 0 Å². The van der Waals surface area contributed by atoms with Gasteiger partial charge in [-0.3, -0.25) is 14.6 Å². The summed E-state index contributed by atoms with van der Waals surface area (Å²) in [5.41, 5.74) is 3.19. The fourth-order valence-electron chi connectivity index (χ4n) is 3.53. The van der Waals surface area contributed by atoms with Gasteiger partial charge in [0.1, 0.15) is 0 Å². The van der Waals surface area contributed by atoms with Gasteiger partial charge >= 0.3 is 0 Å². The molecule has 1 aliphatic heterocycles. The molecule has 1 atom stereocenters. The Labute approximate surface area is 167 Å². The van der Waals surface area contributed by atoms with Crippen LogP contribution >= 0.6 is 11.6 Å². The number of nitrogens with one attached hydrogen (secondary N) is 1. The molecule has 0 radical (unpaired) electrons. The van der Waals surface area contributed by atoms with Crippen LogP contribution in [0.2, 0.25) is 5.02 Å². The van der Waals surface area contributed by atoms with Crippen molar-refractivity contribution in [3.63, 3.8) is 0 Å². The molecule has 28 heavy (non-hydrogen) atoms. The minimum atomic E-state index is -0.356. The van der Waals surface area contributed by atoms with Crippen LogP contribution in [0.4, 0.5) is 5.69 Å². The third kappa shape index (κ3) is 3.37. The smallest absolute Gasteiger partial charge is 0.226 e. The highest BCUT2D eigenvalue weighted by atomic mass is 35.5. The monoisotopic (exact) mass is 391 g/mol. The molecular weight excluding hydrogens is 374 g/mol. The predicted octanol–water partition coefficient (Wildman–Crippen LogP) is 4.79. The number of nitrogens with zero attached hydrogens (tertiary/aromatic N) is 2. The van der Waals surface area contributed by atoms with E-state index in [1.54, 1.807) is 35.5 Å². The lowest BCUT2D eigenvalue weighted by molar-refractivity contribution is -0.129. The van der Waals surface area contributed by atoms with Crippen LogP contribution in [0.1, 0.15) is 30.5 Å². The molecule has 2 amide bonds. The van der Waals surface area contributed by atoms with E-state index in [0.29, 0.717) is 16.2 Å². The fourth-order valence-corrected chi connectivity index (χ4v) is 3.74. The van der Waals surface area contributed by atoms with E-state index >= 15 is 0 Å². The summed E-state index contributed by atoms with van der Waals surface area (Å²) < 4.78 is 0. The molecule has 5 nitrogen and oxygen atoms in total. The van der Waals surface area contributed by atoms with E-state index in [4.69, 9.17) is 11.6 Å². The molecule has 2 heterocycles. The molecule has 1 aromatic heterocycles. The number of aromatic nitrogens is 1. The molecule has 0 unspecified atom stereocenters. The lowest BCUT2D eigenvalue weighted by atomic mass is 9.93. The van der Waals surface area contributed by atoms with Crippen LogP contribution in [-0.2, 0) is 9.59 Å². The summed E-state index contributed by atoms with van der Waals surface area (Å²) in [5, 5.41) is 4.28. The van der Waals surface area contributed by atoms with Crippen LogP contribution in [0, 0.1) is 0 Å². The van der Waals surface area contributed by atoms with Gasteiger partial charge in [-0.05, 0) is 41.5 Å². The number of amides is 2. The summed E-state index contributed by atoms with van der Waals surface area (Å²) in [6.07, 6.45) is 5.43. The molecule has 2 aromatic carbocycles. The number of fused-ring (bicyclic) bond motifs is 2. The van der Waals surface area contributed by atoms with Crippen molar-refractivity contribution in [2.75, 3.05) is 5.32 Å². The standard InChI is InChI=1S/C22H18ClN3O2/c1-14(27)26-12-10-15-5-2-3-6-16(15)20(26)13-21(28)25-19-9-8-18(23)17-7-4-11-24-22(17)19/h2-12,20H,13H2,1H3,(H,25,28)/t20-/m1/s1. The first-order chi connectivity index (χ1) is 13.5. The van der Waals surface area contributed by atoms with Crippen LogP contribution < -0.4 is 5.32 Å². The molecule has 0 fully saturated rings. The summed E-state index contributed by atoms with van der Waals surface area (Å²) in [4.78, 5) is 30.9. The van der Waals surface area contributed by atoms with E-state index in [1.807, 2.05) is 36.4 Å². The summed E-state index contributed by atoms with van der Waals surface area (Å²) in [6.45, 7) is 1.50. The zero-order valence-electron chi connectivity index (χ0n) is 15.2. The van der Waals surface area contributed by atoms with Crippen molar-refractivity contribution in [3.8, 4) is 0 Å². The van der Waals surface area contributed by atoms with Gasteiger partial charge in [0.15, 0.2) is 0 Å². The number of carbonyl (C=O) groups excluding carboxylic acids is 2. The Morgan fingerprint density at radius 3 is 2.79 bits per heavy atom. The molecule has 140 valence electrons. The van der Waals surface area contributed by atoms with Crippen molar-refractivity contribution in [2.45, 2.75) is 19.4 Å². The Hall–Kier alpha value is -3.18. The van der Waals surface area contributed by atoms with Gasteiger partial charge in [-0.1, -0.05) is 35.9 Å². The van der Waals surface area contributed by atoms with Gasteiger partial charge in [-0.25, -0.2) is 0 Å². The van der Waals surface area contributed by atoms with Gasteiger partial charge < -0.3 is 10.2 Å². The first-order valence-electron chi connectivity index (χ1n) is 8.93. The van der Waals surface area contributed by atoms with Crippen LogP contribution in [-0.4, -0.2) is 21.7 Å². The number of pyridine rings is 1. The van der Waals surface area contributed by atoms with Gasteiger partial charge in [0, 0.05) is 24.7 Å². The Kier molecular flexibility index (Phi) is 4.84. The topological polar surface area (TPSA) is 62.3 Å². The molecule has 0 bridgehead atoms. The maximum absolute atomic E-state index is 12.9. The summed E-state index contributed by atoms with van der Waals surface area (Å²) in [5.74, 6) is -0.308. The van der Waals surface area contributed by atoms with Crippen molar-refractivity contribution in [3.05, 3.63) is 77.1 Å². The van der Waals surface area contributed by atoms with Crippen molar-refractivity contribution in [2.24, 2.45) is 0 Å². The zero-order chi connectivity index (χ0) is 19.7. The van der Waals surface area contributed by atoms with E-state index in [0.717, 1.165) is 16.5 Å². The maximum atomic E-state index is 12.9.